The first-order valence-corrected chi connectivity index (χ1v) is 29.4. The number of hydrogen-bond donors (Lipinski definition) is 2. The summed E-state index contributed by atoms with van der Waals surface area (Å²) in [5, 5.41) is 7.84. The minimum Gasteiger partial charge on any atom is -0.379 e. The van der Waals surface area contributed by atoms with Crippen LogP contribution in [0.3, 0.4) is 0 Å². The standard InChI is InChI=1S/C57H46N4O14S4/c1-39-33-40(2)55(41(3)34-39)79(70,71)75-48-24-14-20-44(36-48)59-57(63)61(46-22-16-26-50(38-46)73-77(66,67)52-29-8-5-9-30-52)60(45-21-15-25-49(37-45)72-76(64,65)51-27-6-4-7-28-51)56(62)58-43-19-13-23-47(35-43)74-78(68,69)54-32-12-18-42-17-10-11-31-53(42)54/h4-38H,1-3H3,(H,58,62)(H,59,63). The van der Waals surface area contributed by atoms with Crippen LogP contribution in [0.1, 0.15) is 16.7 Å². The van der Waals surface area contributed by atoms with E-state index in [2.05, 4.69) is 10.6 Å². The summed E-state index contributed by atoms with van der Waals surface area (Å²) in [5.74, 6) is -1.10. The lowest BCUT2D eigenvalue weighted by Crippen LogP contribution is -2.54. The molecule has 0 fully saturated rings. The summed E-state index contributed by atoms with van der Waals surface area (Å²) in [4.78, 5) is 29.9. The van der Waals surface area contributed by atoms with Crippen molar-refractivity contribution in [2.45, 2.75) is 40.4 Å². The van der Waals surface area contributed by atoms with E-state index in [1.807, 2.05) is 6.92 Å². The second kappa shape index (κ2) is 22.4. The van der Waals surface area contributed by atoms with Crippen molar-refractivity contribution in [3.05, 3.63) is 229 Å². The van der Waals surface area contributed by atoms with Gasteiger partial charge in [-0.15, -0.1) is 0 Å². The molecule has 0 saturated carbocycles. The maximum absolute atomic E-state index is 15.2. The van der Waals surface area contributed by atoms with Gasteiger partial charge in [0, 0.05) is 41.0 Å². The van der Waals surface area contributed by atoms with Gasteiger partial charge in [0.05, 0.1) is 11.4 Å². The Kier molecular flexibility index (Phi) is 15.5. The summed E-state index contributed by atoms with van der Waals surface area (Å²) in [6.45, 7) is 5.09. The van der Waals surface area contributed by atoms with Crippen molar-refractivity contribution in [3.8, 4) is 23.0 Å². The molecule has 0 aliphatic heterocycles. The molecular weight excluding hydrogens is 1090 g/mol. The maximum Gasteiger partial charge on any atom is 0.345 e. The number of urea groups is 2. The molecule has 402 valence electrons. The van der Waals surface area contributed by atoms with Crippen molar-refractivity contribution < 1.29 is 60.0 Å². The minimum atomic E-state index is -4.50. The van der Waals surface area contributed by atoms with Crippen molar-refractivity contribution in [2.75, 3.05) is 20.7 Å². The molecule has 22 heteroatoms. The number of fused-ring (bicyclic) bond motifs is 1. The van der Waals surface area contributed by atoms with Gasteiger partial charge in [-0.05, 0) is 116 Å². The van der Waals surface area contributed by atoms with Gasteiger partial charge in [0.15, 0.2) is 0 Å². The summed E-state index contributed by atoms with van der Waals surface area (Å²) in [5.41, 5.74) is 1.10. The van der Waals surface area contributed by atoms with E-state index >= 15 is 9.59 Å². The molecule has 0 aromatic heterocycles. The van der Waals surface area contributed by atoms with Gasteiger partial charge in [-0.2, -0.15) is 43.7 Å². The van der Waals surface area contributed by atoms with E-state index in [0.717, 1.165) is 27.7 Å². The predicted molar refractivity (Wildman–Crippen MR) is 298 cm³/mol. The van der Waals surface area contributed by atoms with Gasteiger partial charge in [0.25, 0.3) is 0 Å². The molecule has 0 heterocycles. The fourth-order valence-corrected chi connectivity index (χ4v) is 12.8. The Labute approximate surface area is 456 Å². The number of carbonyl (C=O) groups excluding carboxylic acids is 2. The zero-order chi connectivity index (χ0) is 56.1. The molecule has 0 aliphatic rings. The number of carbonyl (C=O) groups is 2. The fourth-order valence-electron chi connectivity index (χ4n) is 8.42. The van der Waals surface area contributed by atoms with Crippen molar-refractivity contribution >= 4 is 86.1 Å². The van der Waals surface area contributed by atoms with Gasteiger partial charge in [-0.3, -0.25) is 0 Å². The van der Waals surface area contributed by atoms with Crippen LogP contribution in [0.5, 0.6) is 23.0 Å². The van der Waals surface area contributed by atoms with Crippen molar-refractivity contribution in [2.24, 2.45) is 0 Å². The third kappa shape index (κ3) is 12.6. The molecule has 0 saturated heterocycles. The van der Waals surface area contributed by atoms with Crippen molar-refractivity contribution in [1.29, 1.82) is 0 Å². The first-order valence-electron chi connectivity index (χ1n) is 23.7. The van der Waals surface area contributed by atoms with Gasteiger partial charge in [0.2, 0.25) is 0 Å². The number of rotatable bonds is 16. The van der Waals surface area contributed by atoms with Gasteiger partial charge in [-0.25, -0.2) is 9.59 Å². The van der Waals surface area contributed by atoms with E-state index in [1.165, 1.54) is 140 Å². The summed E-state index contributed by atoms with van der Waals surface area (Å²) in [6, 6.07) is 47.8. The monoisotopic (exact) mass is 1140 g/mol. The maximum atomic E-state index is 15.2. The lowest BCUT2D eigenvalue weighted by Gasteiger charge is -2.35. The van der Waals surface area contributed by atoms with E-state index in [0.29, 0.717) is 21.9 Å². The largest absolute Gasteiger partial charge is 0.379 e. The molecule has 0 atom stereocenters. The highest BCUT2D eigenvalue weighted by Gasteiger charge is 2.33. The molecule has 18 nitrogen and oxygen atoms in total. The lowest BCUT2D eigenvalue weighted by atomic mass is 10.1. The van der Waals surface area contributed by atoms with Crippen LogP contribution in [0.2, 0.25) is 0 Å². The van der Waals surface area contributed by atoms with Crippen LogP contribution in [0.15, 0.2) is 232 Å². The summed E-state index contributed by atoms with van der Waals surface area (Å²) in [6.07, 6.45) is 0. The minimum absolute atomic E-state index is 0.0527. The number of hydrogen-bond acceptors (Lipinski definition) is 14. The molecule has 79 heavy (non-hydrogen) atoms. The molecule has 9 aromatic carbocycles. The van der Waals surface area contributed by atoms with Gasteiger partial charge in [-0.1, -0.05) is 115 Å². The topological polar surface area (TPSA) is 238 Å². The first kappa shape index (κ1) is 54.6. The summed E-state index contributed by atoms with van der Waals surface area (Å²) < 4.78 is 132. The van der Waals surface area contributed by atoms with E-state index in [9.17, 15) is 33.7 Å². The smallest absolute Gasteiger partial charge is 0.345 e. The van der Waals surface area contributed by atoms with E-state index in [1.54, 1.807) is 74.5 Å². The Morgan fingerprint density at radius 1 is 0.380 bits per heavy atom. The highest BCUT2D eigenvalue weighted by atomic mass is 32.2. The molecule has 4 amide bonds. The zero-order valence-corrected chi connectivity index (χ0v) is 45.2. The van der Waals surface area contributed by atoms with Crippen LogP contribution in [0.4, 0.5) is 32.3 Å². The molecule has 9 rings (SSSR count). The van der Waals surface area contributed by atoms with Crippen LogP contribution in [0, 0.1) is 20.8 Å². The number of nitrogens with zero attached hydrogens (tertiary/aromatic N) is 2. The van der Waals surface area contributed by atoms with Gasteiger partial charge >= 0.3 is 52.5 Å². The number of anilines is 4. The van der Waals surface area contributed by atoms with Crippen molar-refractivity contribution in [1.82, 2.24) is 0 Å². The third-order valence-electron chi connectivity index (χ3n) is 11.6. The Hall–Kier alpha value is -9.22. The average Bonchev–Trinajstić information content (AvgIpc) is 3.43. The fraction of sp³-hybridized carbons (Fsp3) is 0.0526. The molecule has 0 unspecified atom stereocenters. The van der Waals surface area contributed by atoms with Crippen LogP contribution in [-0.2, 0) is 40.5 Å². The van der Waals surface area contributed by atoms with E-state index < -0.39 is 52.5 Å². The second-order valence-corrected chi connectivity index (χ2v) is 23.6. The third-order valence-corrected chi connectivity index (χ3v) is 17.0. The summed E-state index contributed by atoms with van der Waals surface area (Å²) >= 11 is 0. The molecule has 0 radical (unpaired) electrons. The van der Waals surface area contributed by atoms with E-state index in [4.69, 9.17) is 16.7 Å². The normalized spacial score (nSPS) is 11.7. The number of benzene rings is 9. The van der Waals surface area contributed by atoms with Gasteiger partial charge in [0.1, 0.15) is 42.6 Å². The van der Waals surface area contributed by atoms with Crippen molar-refractivity contribution in [3.63, 3.8) is 0 Å². The zero-order valence-electron chi connectivity index (χ0n) is 42.0. The van der Waals surface area contributed by atoms with Crippen LogP contribution in [-0.4, -0.2) is 45.7 Å². The Morgan fingerprint density at radius 2 is 0.759 bits per heavy atom. The number of nitrogens with one attached hydrogen (secondary N) is 2. The molecule has 0 aliphatic carbocycles. The second-order valence-electron chi connectivity index (χ2n) is 17.5. The molecule has 9 aromatic rings. The quantitative estimate of drug-likeness (QED) is 0.0676. The number of hydrazine groups is 1. The Balaban J connectivity index is 1.13. The average molecular weight is 1140 g/mol. The Bertz CT molecular complexity index is 4240. The van der Waals surface area contributed by atoms with E-state index in [-0.39, 0.29) is 65.3 Å². The lowest BCUT2D eigenvalue weighted by molar-refractivity contribution is 0.248. The molecular formula is C57H46N4O14S4. The SMILES string of the molecule is Cc1cc(C)c(S(=O)(=O)Oc2cccc(NC(=O)N(c3cccc(OS(=O)(=O)c4ccccc4)c3)N(C(=O)Nc3cccc(OS(=O)(=O)c4cccc5ccccc45)c3)c3cccc(OS(=O)(=O)c4ccccc4)c3)c2)c(C)c1. The number of amides is 4. The van der Waals surface area contributed by atoms with Crippen LogP contribution < -0.4 is 37.4 Å². The van der Waals surface area contributed by atoms with Crippen LogP contribution in [0.25, 0.3) is 10.8 Å². The first-order chi connectivity index (χ1) is 37.7. The highest BCUT2D eigenvalue weighted by molar-refractivity contribution is 7.88. The molecule has 2 N–H and O–H groups in total. The van der Waals surface area contributed by atoms with Gasteiger partial charge < -0.3 is 27.4 Å². The summed E-state index contributed by atoms with van der Waals surface area (Å²) in [7, 11) is -17.9. The molecule has 0 bridgehead atoms. The molecule has 0 spiro atoms. The Morgan fingerprint density at radius 3 is 1.24 bits per heavy atom. The number of aryl methyl sites for hydroxylation is 3. The van der Waals surface area contributed by atoms with Crippen LogP contribution >= 0.6 is 0 Å². The highest BCUT2D eigenvalue weighted by Crippen LogP contribution is 2.34. The predicted octanol–water partition coefficient (Wildman–Crippen LogP) is 11.5.